The van der Waals surface area contributed by atoms with Crippen LogP contribution in [0.4, 0.5) is 0 Å². The number of nitrogens with zero attached hydrogens (tertiary/aromatic N) is 2. The average molecular weight is 376 g/mol. The summed E-state index contributed by atoms with van der Waals surface area (Å²) in [6.45, 7) is 0.833. The molecule has 0 saturated carbocycles. The van der Waals surface area contributed by atoms with Gasteiger partial charge in [-0.3, -0.25) is 9.98 Å². The molecule has 0 aliphatic carbocycles. The lowest BCUT2D eigenvalue weighted by Gasteiger charge is -2.03. The first kappa shape index (κ1) is 19.0. The second-order valence-corrected chi connectivity index (χ2v) is 6.25. The zero-order valence-corrected chi connectivity index (χ0v) is 15.0. The van der Waals surface area contributed by atoms with Crippen molar-refractivity contribution in [3.63, 3.8) is 0 Å². The maximum Gasteiger partial charge on any atom is 0.124 e. The van der Waals surface area contributed by atoms with Crippen molar-refractivity contribution < 1.29 is 20.4 Å². The average Bonchev–Trinajstić information content (AvgIpc) is 2.68. The van der Waals surface area contributed by atoms with Crippen LogP contribution in [0.25, 0.3) is 0 Å². The standard InChI is InChI=1S/C22H20N2O4/c25-19-4-6-21(27)17(9-19)13-23-11-15-2-1-3-16(8-15)12-24-14-18-10-20(26)5-7-22(18)28/h1-10,13-14,25-28H,11-12H2. The van der Waals surface area contributed by atoms with E-state index < -0.39 is 0 Å². The van der Waals surface area contributed by atoms with Gasteiger partial charge in [-0.15, -0.1) is 0 Å². The third-order valence-electron chi connectivity index (χ3n) is 4.02. The fourth-order valence-corrected chi connectivity index (χ4v) is 2.62. The number of phenolic OH excluding ortho intramolecular Hbond substituents is 4. The molecule has 0 amide bonds. The van der Waals surface area contributed by atoms with E-state index in [1.54, 1.807) is 0 Å². The highest BCUT2D eigenvalue weighted by atomic mass is 16.3. The summed E-state index contributed by atoms with van der Waals surface area (Å²) in [7, 11) is 0. The maximum absolute atomic E-state index is 9.75. The summed E-state index contributed by atoms with van der Waals surface area (Å²) in [5.74, 6) is 0.244. The van der Waals surface area contributed by atoms with Gasteiger partial charge in [0.1, 0.15) is 23.0 Å². The summed E-state index contributed by atoms with van der Waals surface area (Å²) in [5.41, 5.74) is 2.85. The van der Waals surface area contributed by atoms with E-state index in [0.29, 0.717) is 24.2 Å². The van der Waals surface area contributed by atoms with E-state index in [0.717, 1.165) is 11.1 Å². The molecule has 0 bridgehead atoms. The first-order chi connectivity index (χ1) is 13.5. The number of hydrogen-bond donors (Lipinski definition) is 4. The lowest BCUT2D eigenvalue weighted by molar-refractivity contribution is 0.459. The van der Waals surface area contributed by atoms with Crippen molar-refractivity contribution in [1.82, 2.24) is 0 Å². The summed E-state index contributed by atoms with van der Waals surface area (Å²) < 4.78 is 0. The quantitative estimate of drug-likeness (QED) is 0.388. The molecule has 4 N–H and O–H groups in total. The Kier molecular flexibility index (Phi) is 5.91. The van der Waals surface area contributed by atoms with Crippen LogP contribution in [0.1, 0.15) is 22.3 Å². The predicted molar refractivity (Wildman–Crippen MR) is 109 cm³/mol. The minimum absolute atomic E-state index is 0.0554. The van der Waals surface area contributed by atoms with Crippen LogP contribution in [0, 0.1) is 0 Å². The van der Waals surface area contributed by atoms with E-state index in [1.807, 2.05) is 24.3 Å². The fourth-order valence-electron chi connectivity index (χ4n) is 2.62. The van der Waals surface area contributed by atoms with Gasteiger partial charge >= 0.3 is 0 Å². The van der Waals surface area contributed by atoms with Crippen LogP contribution >= 0.6 is 0 Å². The third-order valence-corrected chi connectivity index (χ3v) is 4.02. The second-order valence-electron chi connectivity index (χ2n) is 6.25. The van der Waals surface area contributed by atoms with Crippen molar-refractivity contribution in [1.29, 1.82) is 0 Å². The Balaban J connectivity index is 1.64. The van der Waals surface area contributed by atoms with Gasteiger partial charge in [-0.25, -0.2) is 0 Å². The molecule has 0 atom stereocenters. The molecule has 3 rings (SSSR count). The number of hydrogen-bond acceptors (Lipinski definition) is 6. The Morgan fingerprint density at radius 3 is 1.54 bits per heavy atom. The monoisotopic (exact) mass is 376 g/mol. The molecule has 0 radical (unpaired) electrons. The van der Waals surface area contributed by atoms with E-state index in [9.17, 15) is 20.4 Å². The van der Waals surface area contributed by atoms with Crippen LogP contribution in [0.2, 0.25) is 0 Å². The van der Waals surface area contributed by atoms with Crippen molar-refractivity contribution in [3.05, 3.63) is 82.9 Å². The van der Waals surface area contributed by atoms with Gasteiger partial charge in [0.15, 0.2) is 0 Å². The number of aliphatic imine (C=N–C) groups is 2. The van der Waals surface area contributed by atoms with E-state index >= 15 is 0 Å². The molecule has 0 fully saturated rings. The summed E-state index contributed by atoms with van der Waals surface area (Å²) in [5, 5.41) is 38.4. The van der Waals surface area contributed by atoms with Gasteiger partial charge in [-0.2, -0.15) is 0 Å². The topological polar surface area (TPSA) is 106 Å². The van der Waals surface area contributed by atoms with Crippen molar-refractivity contribution in [2.75, 3.05) is 0 Å². The van der Waals surface area contributed by atoms with Crippen LogP contribution in [-0.2, 0) is 13.1 Å². The van der Waals surface area contributed by atoms with Crippen LogP contribution in [0.5, 0.6) is 23.0 Å². The van der Waals surface area contributed by atoms with Crippen molar-refractivity contribution in [2.24, 2.45) is 9.98 Å². The molecule has 3 aromatic rings. The van der Waals surface area contributed by atoms with Gasteiger partial charge in [0, 0.05) is 23.6 Å². The Bertz CT molecular complexity index is 950. The van der Waals surface area contributed by atoms with Crippen LogP contribution < -0.4 is 0 Å². The minimum atomic E-state index is 0.0554. The van der Waals surface area contributed by atoms with Crippen LogP contribution in [0.3, 0.4) is 0 Å². The predicted octanol–water partition coefficient (Wildman–Crippen LogP) is 3.75. The van der Waals surface area contributed by atoms with E-state index in [4.69, 9.17) is 0 Å². The van der Waals surface area contributed by atoms with Gasteiger partial charge in [0.2, 0.25) is 0 Å². The molecule has 142 valence electrons. The van der Waals surface area contributed by atoms with Crippen molar-refractivity contribution in [2.45, 2.75) is 13.1 Å². The summed E-state index contributed by atoms with van der Waals surface area (Å²) in [4.78, 5) is 8.62. The highest BCUT2D eigenvalue weighted by Crippen LogP contribution is 2.21. The highest BCUT2D eigenvalue weighted by molar-refractivity contribution is 5.84. The minimum Gasteiger partial charge on any atom is -0.508 e. The lowest BCUT2D eigenvalue weighted by Crippen LogP contribution is -1.89. The molecule has 3 aromatic carbocycles. The Morgan fingerprint density at radius 2 is 1.07 bits per heavy atom. The number of aromatic hydroxyl groups is 4. The van der Waals surface area contributed by atoms with Crippen LogP contribution in [0.15, 0.2) is 70.6 Å². The zero-order chi connectivity index (χ0) is 19.9. The van der Waals surface area contributed by atoms with E-state index in [-0.39, 0.29) is 23.0 Å². The SMILES string of the molecule is Oc1ccc(O)c(C=NCc2cccc(CN=Cc3cc(O)ccc3O)c2)c1. The first-order valence-electron chi connectivity index (χ1n) is 8.63. The van der Waals surface area contributed by atoms with Crippen LogP contribution in [-0.4, -0.2) is 32.9 Å². The molecule has 6 nitrogen and oxygen atoms in total. The molecule has 0 aliphatic heterocycles. The highest BCUT2D eigenvalue weighted by Gasteiger charge is 2.01. The first-order valence-corrected chi connectivity index (χ1v) is 8.63. The van der Waals surface area contributed by atoms with Crippen molar-refractivity contribution >= 4 is 12.4 Å². The molecular weight excluding hydrogens is 356 g/mol. The molecule has 0 aliphatic rings. The molecule has 0 saturated heterocycles. The Labute approximate surface area is 162 Å². The number of phenols is 4. The fraction of sp³-hybridized carbons (Fsp3) is 0.0909. The lowest BCUT2D eigenvalue weighted by atomic mass is 10.1. The van der Waals surface area contributed by atoms with E-state index in [2.05, 4.69) is 9.98 Å². The summed E-state index contributed by atoms with van der Waals surface area (Å²) >= 11 is 0. The second kappa shape index (κ2) is 8.73. The Hall–Kier alpha value is -3.80. The maximum atomic E-state index is 9.75. The molecule has 0 heterocycles. The largest absolute Gasteiger partial charge is 0.508 e. The van der Waals surface area contributed by atoms with Gasteiger partial charge in [-0.05, 0) is 47.5 Å². The van der Waals surface area contributed by atoms with Gasteiger partial charge in [-0.1, -0.05) is 24.3 Å². The number of benzene rings is 3. The molecule has 28 heavy (non-hydrogen) atoms. The van der Waals surface area contributed by atoms with Crippen molar-refractivity contribution in [3.8, 4) is 23.0 Å². The molecule has 0 unspecified atom stereocenters. The molecule has 6 heteroatoms. The Morgan fingerprint density at radius 1 is 0.607 bits per heavy atom. The molecule has 0 spiro atoms. The zero-order valence-electron chi connectivity index (χ0n) is 15.0. The van der Waals surface area contributed by atoms with E-state index in [1.165, 1.54) is 48.8 Å². The van der Waals surface area contributed by atoms with Gasteiger partial charge < -0.3 is 20.4 Å². The molecular formula is C22H20N2O4. The van der Waals surface area contributed by atoms with Gasteiger partial charge in [0.25, 0.3) is 0 Å². The smallest absolute Gasteiger partial charge is 0.124 e. The van der Waals surface area contributed by atoms with Gasteiger partial charge in [0.05, 0.1) is 13.1 Å². The third kappa shape index (κ3) is 5.11. The normalized spacial score (nSPS) is 11.4. The summed E-state index contributed by atoms with van der Waals surface area (Å²) in [6, 6.07) is 16.3. The summed E-state index contributed by atoms with van der Waals surface area (Å²) in [6.07, 6.45) is 3.04. The molecule has 0 aromatic heterocycles. The number of rotatable bonds is 6.